The molecule has 0 aliphatic carbocycles. The van der Waals surface area contributed by atoms with E-state index >= 15 is 0 Å². The summed E-state index contributed by atoms with van der Waals surface area (Å²) >= 11 is 0. The minimum atomic E-state index is -0.901. The number of hydrogen-bond acceptors (Lipinski definition) is 2. The fraction of sp³-hybridized carbons (Fsp3) is 0.714. The van der Waals surface area contributed by atoms with E-state index in [2.05, 4.69) is 34.8 Å². The van der Waals surface area contributed by atoms with Crippen molar-refractivity contribution in [1.82, 2.24) is 15.2 Å². The summed E-state index contributed by atoms with van der Waals surface area (Å²) in [4.78, 5) is 4.07. The first-order valence-electron chi connectivity index (χ1n) is 3.92. The lowest BCUT2D eigenvalue weighted by Gasteiger charge is -2.13. The van der Waals surface area contributed by atoms with Gasteiger partial charge in [0.1, 0.15) is 12.2 Å². The molecule has 1 heterocycles. The molecule has 0 fully saturated rings. The van der Waals surface area contributed by atoms with Gasteiger partial charge in [0.15, 0.2) is 0 Å². The van der Waals surface area contributed by atoms with E-state index in [1.54, 1.807) is 6.33 Å². The number of rotatable bonds is 3. The molecule has 0 aliphatic rings. The minimum absolute atomic E-state index is 0.901. The summed E-state index contributed by atoms with van der Waals surface area (Å²) in [7, 11) is -0.901. The number of nitrogens with one attached hydrogen (secondary N) is 1. The maximum absolute atomic E-state index is 4.07. The maximum atomic E-state index is 4.07. The first-order chi connectivity index (χ1) is 5.08. The van der Waals surface area contributed by atoms with Crippen LogP contribution in [-0.2, 0) is 6.42 Å². The lowest BCUT2D eigenvalue weighted by molar-refractivity contribution is 0.932. The second kappa shape index (κ2) is 3.17. The zero-order chi connectivity index (χ0) is 8.32. The average molecular weight is 169 g/mol. The van der Waals surface area contributed by atoms with Crippen molar-refractivity contribution in [3.63, 3.8) is 0 Å². The molecular weight excluding hydrogens is 154 g/mol. The van der Waals surface area contributed by atoms with E-state index in [9.17, 15) is 0 Å². The Morgan fingerprint density at radius 3 is 2.64 bits per heavy atom. The molecule has 1 rings (SSSR count). The molecule has 1 aromatic rings. The van der Waals surface area contributed by atoms with E-state index in [-0.39, 0.29) is 0 Å². The molecule has 0 atom stereocenters. The predicted molar refractivity (Wildman–Crippen MR) is 48.2 cm³/mol. The third kappa shape index (κ3) is 3.32. The summed E-state index contributed by atoms with van der Waals surface area (Å²) in [6.45, 7) is 7.09. The largest absolute Gasteiger partial charge is 0.263 e. The molecule has 0 unspecified atom stereocenters. The summed E-state index contributed by atoms with van der Waals surface area (Å²) < 4.78 is 0. The van der Waals surface area contributed by atoms with Crippen LogP contribution in [0.4, 0.5) is 0 Å². The van der Waals surface area contributed by atoms with Crippen LogP contribution in [0.1, 0.15) is 5.82 Å². The monoisotopic (exact) mass is 169 g/mol. The smallest absolute Gasteiger partial charge is 0.137 e. The third-order valence-corrected chi connectivity index (χ3v) is 3.33. The van der Waals surface area contributed by atoms with Crippen molar-refractivity contribution in [3.05, 3.63) is 12.2 Å². The van der Waals surface area contributed by atoms with E-state index in [4.69, 9.17) is 0 Å². The second-order valence-corrected chi connectivity index (χ2v) is 9.61. The number of hydrogen-bond donors (Lipinski definition) is 1. The molecule has 0 saturated carbocycles. The van der Waals surface area contributed by atoms with Crippen molar-refractivity contribution in [3.8, 4) is 0 Å². The SMILES string of the molecule is C[Si](C)(C)CCc1ncn[nH]1. The molecule has 0 bridgehead atoms. The van der Waals surface area contributed by atoms with Crippen LogP contribution in [0.15, 0.2) is 6.33 Å². The highest BCUT2D eigenvalue weighted by atomic mass is 28.3. The number of aromatic amines is 1. The zero-order valence-electron chi connectivity index (χ0n) is 7.39. The Bertz CT molecular complexity index is 200. The van der Waals surface area contributed by atoms with Gasteiger partial charge in [-0.1, -0.05) is 25.7 Å². The van der Waals surface area contributed by atoms with Gasteiger partial charge in [0.25, 0.3) is 0 Å². The standard InChI is InChI=1S/C7H15N3Si/c1-11(2,3)5-4-7-8-6-9-10-7/h6H,4-5H2,1-3H3,(H,8,9,10). The van der Waals surface area contributed by atoms with Gasteiger partial charge in [-0.15, -0.1) is 0 Å². The quantitative estimate of drug-likeness (QED) is 0.700. The topological polar surface area (TPSA) is 41.6 Å². The third-order valence-electron chi connectivity index (χ3n) is 1.58. The molecule has 11 heavy (non-hydrogen) atoms. The highest BCUT2D eigenvalue weighted by Gasteiger charge is 2.12. The van der Waals surface area contributed by atoms with E-state index in [0.717, 1.165) is 12.2 Å². The molecule has 1 N–H and O–H groups in total. The van der Waals surface area contributed by atoms with Gasteiger partial charge >= 0.3 is 0 Å². The number of nitrogens with zero attached hydrogens (tertiary/aromatic N) is 2. The van der Waals surface area contributed by atoms with Crippen LogP contribution < -0.4 is 0 Å². The van der Waals surface area contributed by atoms with Crippen molar-refractivity contribution in [2.24, 2.45) is 0 Å². The van der Waals surface area contributed by atoms with Crippen LogP contribution in [-0.4, -0.2) is 23.3 Å². The van der Waals surface area contributed by atoms with Crippen LogP contribution in [0.25, 0.3) is 0 Å². The van der Waals surface area contributed by atoms with Gasteiger partial charge < -0.3 is 0 Å². The van der Waals surface area contributed by atoms with Gasteiger partial charge in [-0.2, -0.15) is 5.10 Å². The lowest BCUT2D eigenvalue weighted by atomic mass is 10.5. The molecule has 0 amide bonds. The average Bonchev–Trinajstić information content (AvgIpc) is 2.32. The Hall–Kier alpha value is -0.643. The van der Waals surface area contributed by atoms with Crippen LogP contribution >= 0.6 is 0 Å². The van der Waals surface area contributed by atoms with Gasteiger partial charge in [0, 0.05) is 14.5 Å². The maximum Gasteiger partial charge on any atom is 0.137 e. The summed E-state index contributed by atoms with van der Waals surface area (Å²) in [5.74, 6) is 1.02. The molecule has 0 saturated heterocycles. The van der Waals surface area contributed by atoms with Crippen molar-refractivity contribution in [1.29, 1.82) is 0 Å². The normalized spacial score (nSPS) is 11.9. The summed E-state index contributed by atoms with van der Waals surface area (Å²) in [6.07, 6.45) is 2.62. The highest BCUT2D eigenvalue weighted by molar-refractivity contribution is 6.76. The van der Waals surface area contributed by atoms with Gasteiger partial charge in [-0.25, -0.2) is 4.98 Å². The molecule has 0 radical (unpaired) electrons. The molecule has 0 aliphatic heterocycles. The van der Waals surface area contributed by atoms with Gasteiger partial charge in [-0.3, -0.25) is 5.10 Å². The summed E-state index contributed by atoms with van der Waals surface area (Å²) in [5, 5.41) is 6.67. The van der Waals surface area contributed by atoms with Crippen molar-refractivity contribution >= 4 is 8.07 Å². The lowest BCUT2D eigenvalue weighted by Crippen LogP contribution is -2.20. The van der Waals surface area contributed by atoms with E-state index in [1.807, 2.05) is 0 Å². The Kier molecular flexibility index (Phi) is 2.44. The van der Waals surface area contributed by atoms with Crippen LogP contribution in [0, 0.1) is 0 Å². The first kappa shape index (κ1) is 8.45. The predicted octanol–water partition coefficient (Wildman–Crippen LogP) is 1.69. The Balaban J connectivity index is 2.35. The summed E-state index contributed by atoms with van der Waals surface area (Å²) in [6, 6.07) is 1.28. The number of aryl methyl sites for hydroxylation is 1. The van der Waals surface area contributed by atoms with Crippen LogP contribution in [0.2, 0.25) is 25.7 Å². The molecule has 3 nitrogen and oxygen atoms in total. The Morgan fingerprint density at radius 2 is 2.18 bits per heavy atom. The molecule has 0 spiro atoms. The highest BCUT2D eigenvalue weighted by Crippen LogP contribution is 2.10. The fourth-order valence-electron chi connectivity index (χ4n) is 0.845. The summed E-state index contributed by atoms with van der Waals surface area (Å²) in [5.41, 5.74) is 0. The van der Waals surface area contributed by atoms with E-state index in [1.165, 1.54) is 6.04 Å². The van der Waals surface area contributed by atoms with E-state index in [0.29, 0.717) is 0 Å². The van der Waals surface area contributed by atoms with Crippen LogP contribution in [0.3, 0.4) is 0 Å². The van der Waals surface area contributed by atoms with Crippen molar-refractivity contribution in [2.75, 3.05) is 0 Å². The molecule has 0 aromatic carbocycles. The van der Waals surface area contributed by atoms with Crippen molar-refractivity contribution in [2.45, 2.75) is 32.1 Å². The first-order valence-corrected chi connectivity index (χ1v) is 7.63. The van der Waals surface area contributed by atoms with Gasteiger partial charge in [-0.05, 0) is 0 Å². The van der Waals surface area contributed by atoms with E-state index < -0.39 is 8.07 Å². The zero-order valence-corrected chi connectivity index (χ0v) is 8.39. The second-order valence-electron chi connectivity index (χ2n) is 3.99. The van der Waals surface area contributed by atoms with Gasteiger partial charge in [0.2, 0.25) is 0 Å². The number of H-pyrrole nitrogens is 1. The van der Waals surface area contributed by atoms with Crippen molar-refractivity contribution < 1.29 is 0 Å². The Labute approximate surface area is 68.3 Å². The number of aromatic nitrogens is 3. The Morgan fingerprint density at radius 1 is 1.45 bits per heavy atom. The molecular formula is C7H15N3Si. The van der Waals surface area contributed by atoms with Gasteiger partial charge in [0.05, 0.1) is 0 Å². The fourth-order valence-corrected chi connectivity index (χ4v) is 1.83. The minimum Gasteiger partial charge on any atom is -0.263 e. The molecule has 62 valence electrons. The molecule has 1 aromatic heterocycles. The van der Waals surface area contributed by atoms with Crippen LogP contribution in [0.5, 0.6) is 0 Å². The molecule has 4 heteroatoms.